The number of carbonyl (C=O) groups is 1. The van der Waals surface area contributed by atoms with E-state index in [0.717, 1.165) is 39.9 Å². The Hall–Kier alpha value is -2.96. The van der Waals surface area contributed by atoms with Crippen molar-refractivity contribution in [2.24, 2.45) is 0 Å². The summed E-state index contributed by atoms with van der Waals surface area (Å²) in [6, 6.07) is 5.71. The number of hydrogen-bond acceptors (Lipinski definition) is 5. The zero-order valence-electron chi connectivity index (χ0n) is 16.7. The minimum atomic E-state index is 0.0103. The van der Waals surface area contributed by atoms with Crippen LogP contribution in [0.2, 0.25) is 0 Å². The van der Waals surface area contributed by atoms with E-state index in [2.05, 4.69) is 15.1 Å². The van der Waals surface area contributed by atoms with Gasteiger partial charge in [-0.2, -0.15) is 5.10 Å². The molecule has 0 aromatic carbocycles. The highest BCUT2D eigenvalue weighted by Crippen LogP contribution is 2.18. The van der Waals surface area contributed by atoms with Gasteiger partial charge in [0.15, 0.2) is 0 Å². The standard InChI is InChI=1S/C20H25N5O2/c1-12-9-13(2)22-20(21-12)25-16(5)18(15(4)23-25)10-19(26)24(6)11-17-8-7-14(3)27-17/h7-9H,10-11H2,1-6H3. The summed E-state index contributed by atoms with van der Waals surface area (Å²) in [5, 5.41) is 4.56. The van der Waals surface area contributed by atoms with Crippen LogP contribution in [0.15, 0.2) is 22.6 Å². The van der Waals surface area contributed by atoms with Gasteiger partial charge in [-0.1, -0.05) is 0 Å². The summed E-state index contributed by atoms with van der Waals surface area (Å²) in [5.41, 5.74) is 4.37. The molecule has 7 nitrogen and oxygen atoms in total. The normalized spacial score (nSPS) is 11.0. The van der Waals surface area contributed by atoms with Gasteiger partial charge in [0.05, 0.1) is 18.7 Å². The molecule has 1 amide bonds. The summed E-state index contributed by atoms with van der Waals surface area (Å²) in [7, 11) is 1.78. The highest BCUT2D eigenvalue weighted by molar-refractivity contribution is 5.79. The first-order valence-electron chi connectivity index (χ1n) is 8.91. The van der Waals surface area contributed by atoms with Gasteiger partial charge in [0.1, 0.15) is 11.5 Å². The molecule has 3 heterocycles. The number of aromatic nitrogens is 4. The van der Waals surface area contributed by atoms with E-state index < -0.39 is 0 Å². The van der Waals surface area contributed by atoms with Crippen LogP contribution in [0, 0.1) is 34.6 Å². The summed E-state index contributed by atoms with van der Waals surface area (Å²) in [4.78, 5) is 23.3. The number of nitrogens with zero attached hydrogens (tertiary/aromatic N) is 5. The van der Waals surface area contributed by atoms with Gasteiger partial charge in [-0.15, -0.1) is 0 Å². The molecule has 0 aliphatic heterocycles. The summed E-state index contributed by atoms with van der Waals surface area (Å²) >= 11 is 0. The summed E-state index contributed by atoms with van der Waals surface area (Å²) in [6.45, 7) is 10.0. The average molecular weight is 367 g/mol. The number of rotatable bonds is 5. The second kappa shape index (κ2) is 7.34. The first-order chi connectivity index (χ1) is 12.7. The Morgan fingerprint density at radius 3 is 2.37 bits per heavy atom. The SMILES string of the molecule is Cc1cc(C)nc(-n2nc(C)c(CC(=O)N(C)Cc3ccc(C)o3)c2C)n1. The lowest BCUT2D eigenvalue weighted by Crippen LogP contribution is -2.27. The first kappa shape index (κ1) is 18.8. The molecular weight excluding hydrogens is 342 g/mol. The van der Waals surface area contributed by atoms with E-state index in [9.17, 15) is 4.79 Å². The van der Waals surface area contributed by atoms with Crippen LogP contribution in [0.4, 0.5) is 0 Å². The van der Waals surface area contributed by atoms with Crippen molar-refractivity contribution in [3.05, 3.63) is 58.1 Å². The van der Waals surface area contributed by atoms with E-state index in [0.29, 0.717) is 12.5 Å². The quantitative estimate of drug-likeness (QED) is 0.693. The molecule has 0 radical (unpaired) electrons. The smallest absolute Gasteiger partial charge is 0.251 e. The topological polar surface area (TPSA) is 77.0 Å². The molecule has 0 saturated heterocycles. The number of likely N-dealkylation sites (N-methyl/N-ethyl adjacent to an activating group) is 1. The van der Waals surface area contributed by atoms with Gasteiger partial charge in [0.25, 0.3) is 5.95 Å². The Labute approximate surface area is 159 Å². The summed E-state index contributed by atoms with van der Waals surface area (Å²) < 4.78 is 7.28. The summed E-state index contributed by atoms with van der Waals surface area (Å²) in [6.07, 6.45) is 0.276. The molecule has 0 spiro atoms. The van der Waals surface area contributed by atoms with Crippen molar-refractivity contribution in [1.29, 1.82) is 0 Å². The zero-order valence-corrected chi connectivity index (χ0v) is 16.7. The maximum absolute atomic E-state index is 12.7. The summed E-state index contributed by atoms with van der Waals surface area (Å²) in [5.74, 6) is 2.16. The number of amides is 1. The molecule has 0 aliphatic rings. The van der Waals surface area contributed by atoms with Crippen molar-refractivity contribution in [3.8, 4) is 5.95 Å². The van der Waals surface area contributed by atoms with E-state index in [1.54, 1.807) is 16.6 Å². The molecule has 0 fully saturated rings. The van der Waals surface area contributed by atoms with Crippen molar-refractivity contribution in [2.75, 3.05) is 7.05 Å². The van der Waals surface area contributed by atoms with Crippen molar-refractivity contribution in [2.45, 2.75) is 47.6 Å². The van der Waals surface area contributed by atoms with Crippen LogP contribution >= 0.6 is 0 Å². The first-order valence-corrected chi connectivity index (χ1v) is 8.91. The predicted molar refractivity (Wildman–Crippen MR) is 102 cm³/mol. The molecule has 0 atom stereocenters. The fraction of sp³-hybridized carbons (Fsp3) is 0.400. The third-order valence-corrected chi connectivity index (χ3v) is 4.54. The maximum Gasteiger partial charge on any atom is 0.251 e. The fourth-order valence-electron chi connectivity index (χ4n) is 3.11. The molecule has 0 saturated carbocycles. The number of furan rings is 1. The van der Waals surface area contributed by atoms with Crippen LogP contribution in [0.1, 0.15) is 39.9 Å². The van der Waals surface area contributed by atoms with Crippen LogP contribution in [-0.4, -0.2) is 37.6 Å². The van der Waals surface area contributed by atoms with Crippen molar-refractivity contribution in [3.63, 3.8) is 0 Å². The van der Waals surface area contributed by atoms with Gasteiger partial charge in [-0.25, -0.2) is 14.6 Å². The zero-order chi connectivity index (χ0) is 19.7. The molecule has 0 bridgehead atoms. The van der Waals surface area contributed by atoms with Crippen molar-refractivity contribution < 1.29 is 9.21 Å². The Bertz CT molecular complexity index is 966. The van der Waals surface area contributed by atoms with Crippen LogP contribution in [0.3, 0.4) is 0 Å². The molecule has 3 aromatic rings. The van der Waals surface area contributed by atoms with Gasteiger partial charge in [0.2, 0.25) is 5.91 Å². The van der Waals surface area contributed by atoms with E-state index >= 15 is 0 Å². The van der Waals surface area contributed by atoms with Crippen molar-refractivity contribution >= 4 is 5.91 Å². The van der Waals surface area contributed by atoms with Crippen LogP contribution < -0.4 is 0 Å². The van der Waals surface area contributed by atoms with E-state index in [4.69, 9.17) is 4.42 Å². The third kappa shape index (κ3) is 4.07. The van der Waals surface area contributed by atoms with Crippen LogP contribution in [-0.2, 0) is 17.8 Å². The second-order valence-electron chi connectivity index (χ2n) is 6.95. The van der Waals surface area contributed by atoms with Gasteiger partial charge < -0.3 is 9.32 Å². The molecule has 0 unspecified atom stereocenters. The van der Waals surface area contributed by atoms with Crippen LogP contribution in [0.25, 0.3) is 5.95 Å². The molecular formula is C20H25N5O2. The van der Waals surface area contributed by atoms with Gasteiger partial charge in [-0.3, -0.25) is 4.79 Å². The van der Waals surface area contributed by atoms with E-state index in [1.807, 2.05) is 52.8 Å². The molecule has 27 heavy (non-hydrogen) atoms. The number of hydrogen-bond donors (Lipinski definition) is 0. The number of aryl methyl sites for hydroxylation is 4. The minimum Gasteiger partial charge on any atom is -0.464 e. The Kier molecular flexibility index (Phi) is 5.12. The Morgan fingerprint density at radius 2 is 1.78 bits per heavy atom. The molecule has 142 valence electrons. The maximum atomic E-state index is 12.7. The minimum absolute atomic E-state index is 0.0103. The van der Waals surface area contributed by atoms with Gasteiger partial charge in [-0.05, 0) is 52.8 Å². The molecule has 0 aliphatic carbocycles. The van der Waals surface area contributed by atoms with E-state index in [1.165, 1.54) is 0 Å². The average Bonchev–Trinajstić information content (AvgIpc) is 3.11. The molecule has 7 heteroatoms. The van der Waals surface area contributed by atoms with Gasteiger partial charge in [0, 0.05) is 29.7 Å². The lowest BCUT2D eigenvalue weighted by molar-refractivity contribution is -0.129. The van der Waals surface area contributed by atoms with Crippen molar-refractivity contribution in [1.82, 2.24) is 24.6 Å². The Morgan fingerprint density at radius 1 is 1.11 bits per heavy atom. The molecule has 3 rings (SSSR count). The Balaban J connectivity index is 1.81. The molecule has 0 N–H and O–H groups in total. The monoisotopic (exact) mass is 367 g/mol. The number of carbonyl (C=O) groups excluding carboxylic acids is 1. The van der Waals surface area contributed by atoms with Gasteiger partial charge >= 0.3 is 0 Å². The largest absolute Gasteiger partial charge is 0.464 e. The highest BCUT2D eigenvalue weighted by Gasteiger charge is 2.20. The van der Waals surface area contributed by atoms with E-state index in [-0.39, 0.29) is 12.3 Å². The predicted octanol–water partition coefficient (Wildman–Crippen LogP) is 3.00. The van der Waals surface area contributed by atoms with Crippen LogP contribution in [0.5, 0.6) is 0 Å². The third-order valence-electron chi connectivity index (χ3n) is 4.54. The lowest BCUT2D eigenvalue weighted by Gasteiger charge is -2.16. The highest BCUT2D eigenvalue weighted by atomic mass is 16.3. The molecule has 3 aromatic heterocycles. The lowest BCUT2D eigenvalue weighted by atomic mass is 10.1. The second-order valence-corrected chi connectivity index (χ2v) is 6.95. The fourth-order valence-corrected chi connectivity index (χ4v) is 3.11.